The van der Waals surface area contributed by atoms with Crippen molar-refractivity contribution in [1.29, 1.82) is 2.67 Å². The van der Waals surface area contributed by atoms with Gasteiger partial charge in [0.25, 0.3) is 0 Å². The number of Topliss-reactive ketones (excluding diaryl/α,β-unsaturated/α-hetero) is 1. The van der Waals surface area contributed by atoms with Crippen molar-refractivity contribution in [3.8, 4) is 0 Å². The first-order valence-electron chi connectivity index (χ1n) is 28.7. The molecule has 2 aliphatic heterocycles. The van der Waals surface area contributed by atoms with Gasteiger partial charge in [-0.25, -0.2) is 24.4 Å². The molecule has 25 heteroatoms. The summed E-state index contributed by atoms with van der Waals surface area (Å²) >= 11 is 12.8. The predicted octanol–water partition coefficient (Wildman–Crippen LogP) is 11.5. The van der Waals surface area contributed by atoms with Gasteiger partial charge < -0.3 is 40.0 Å². The monoisotopic (exact) mass is 1570 g/mol. The Balaban J connectivity index is 0.000000709. The molecule has 4 aromatic rings. The summed E-state index contributed by atoms with van der Waals surface area (Å²) in [4.78, 5) is 114. The van der Waals surface area contributed by atoms with Crippen LogP contribution in [0.25, 0.3) is 0 Å². The van der Waals surface area contributed by atoms with Crippen molar-refractivity contribution in [2.24, 2.45) is 0 Å². The normalized spacial score (nSPS) is 15.1. The smallest absolute Gasteiger partial charge is 0.416 e. The number of rotatable bonds is 20. The first-order valence-corrected chi connectivity index (χ1v) is 29.6. The minimum absolute atomic E-state index is 0. The van der Waals surface area contributed by atoms with Gasteiger partial charge in [0.15, 0.2) is 5.78 Å². The van der Waals surface area contributed by atoms with Gasteiger partial charge in [0.2, 0.25) is 11.8 Å². The number of methoxy groups -OCH3 is 2. The number of anilines is 2. The maximum absolute atomic E-state index is 13.5. The van der Waals surface area contributed by atoms with Crippen LogP contribution < -0.4 is 16.0 Å². The first-order chi connectivity index (χ1) is 40.5. The number of alkyl halides is 1. The third-order valence-corrected chi connectivity index (χ3v) is 14.6. The van der Waals surface area contributed by atoms with Crippen LogP contribution in [0.2, 0.25) is 0 Å². The zero-order valence-electron chi connectivity index (χ0n) is 52.9. The quantitative estimate of drug-likeness (QED) is 0.0360. The van der Waals surface area contributed by atoms with E-state index >= 15 is 0 Å². The summed E-state index contributed by atoms with van der Waals surface area (Å²) in [5, 5.41) is 8.91. The second kappa shape index (κ2) is 38.1. The van der Waals surface area contributed by atoms with Crippen LogP contribution in [0.3, 0.4) is 0 Å². The standard InChI is InChI=1S/C31H40BrN3O6.C20H29N3O5.C10H10BrClO2.BH2.H3N.U/c1-21-14-15-33-27(18-21)35(30(39)41-31(2,3)4)17-7-9-28(37)34-16-6-8-25(34)26(36)19-23(20-29(38)40-5)22-10-12-24(32)13-11-22;1-14-9-10-21-16(13-14)23(19(27)28-20(2,3)4)12-6-8-17(24)22-11-5-7-15(22)18(25)26;1-14-10(13)6-9(12)7-2-4-8(11)5-3-7;;;/h10-15,18,23,25H,6-9,16-17,19-20H2,1-5H3;9-10,13,15H,5-8,11-12H2,1-4H3,(H,25,26);2-5,9H,6H2,1H3;1H2;1H3;/t23-,25-;15-;9-;;;/m000.../s1/i;;;1T2;;. The Hall–Kier alpha value is -5.37. The number of ketones is 1. The summed E-state index contributed by atoms with van der Waals surface area (Å²) in [5.41, 5.74) is 2.36. The fourth-order valence-corrected chi connectivity index (χ4v) is 9.88. The molecule has 86 heavy (non-hydrogen) atoms. The van der Waals surface area contributed by atoms with Crippen LogP contribution in [-0.2, 0) is 47.7 Å². The van der Waals surface area contributed by atoms with Crippen LogP contribution in [0.1, 0.15) is 146 Å². The molecule has 4 atom stereocenters. The van der Waals surface area contributed by atoms with Crippen molar-refractivity contribution in [2.45, 2.75) is 161 Å². The van der Waals surface area contributed by atoms with E-state index in [1.54, 1.807) is 71.0 Å². The third kappa shape index (κ3) is 26.9. The average molecular weight is 1570 g/mol. The Labute approximate surface area is 556 Å². The van der Waals surface area contributed by atoms with Crippen LogP contribution in [0.15, 0.2) is 94.1 Å². The molecule has 2 aliphatic rings. The van der Waals surface area contributed by atoms with Crippen LogP contribution >= 0.6 is 43.5 Å². The third-order valence-electron chi connectivity index (χ3n) is 13.2. The summed E-state index contributed by atoms with van der Waals surface area (Å²) in [7, 11) is 3.19. The number of nitrogens with zero attached hydrogens (tertiary/aromatic N) is 6. The van der Waals surface area contributed by atoms with Gasteiger partial charge in [-0.3, -0.25) is 33.8 Å². The number of halogens is 3. The molecule has 2 aromatic carbocycles. The van der Waals surface area contributed by atoms with Gasteiger partial charge in [-0.2, -0.15) is 0 Å². The Morgan fingerprint density at radius 3 is 1.47 bits per heavy atom. The zero-order chi connectivity index (χ0) is 64.3. The molecule has 0 unspecified atom stereocenters. The minimum atomic E-state index is -0.967. The summed E-state index contributed by atoms with van der Waals surface area (Å²) in [6.07, 6.45) is 6.22. The number of carbonyl (C=O) groups is 8. The molecule has 2 aromatic heterocycles. The summed E-state index contributed by atoms with van der Waals surface area (Å²) in [6, 6.07) is 21.1. The number of benzene rings is 2. The van der Waals surface area contributed by atoms with E-state index in [4.69, 9.17) is 28.5 Å². The molecule has 469 valence electrons. The number of ether oxygens (including phenoxy) is 4. The molecular weight excluding hydrogens is 1480 g/mol. The van der Waals surface area contributed by atoms with Gasteiger partial charge in [-0.05, 0) is 167 Å². The van der Waals surface area contributed by atoms with E-state index in [1.165, 1.54) is 28.9 Å². The van der Waals surface area contributed by atoms with Crippen molar-refractivity contribution < 1.29 is 93.5 Å². The largest absolute Gasteiger partial charge is 0.480 e. The minimum Gasteiger partial charge on any atom is -0.480 e. The number of carbonyl (C=O) groups excluding carboxylic acids is 7. The first kappa shape index (κ1) is 74.9. The van der Waals surface area contributed by atoms with Crippen molar-refractivity contribution in [3.63, 3.8) is 0 Å². The number of pyridine rings is 2. The molecule has 1 radical (unpaired) electrons. The molecule has 20 nitrogen and oxygen atoms in total. The number of hydrogen-bond donors (Lipinski definition) is 2. The number of carboxylic acid groups (broad SMARTS) is 1. The molecule has 0 saturated carbocycles. The topological polar surface area (TPSA) is 267 Å². The number of amides is 4. The van der Waals surface area contributed by atoms with E-state index in [1.807, 2.05) is 74.5 Å². The molecule has 0 bridgehead atoms. The van der Waals surface area contributed by atoms with E-state index in [0.717, 1.165) is 37.6 Å². The Morgan fingerprint density at radius 1 is 0.674 bits per heavy atom. The average Bonchev–Trinajstić information content (AvgIpc) is 4.32. The number of aliphatic carboxylic acids is 1. The zero-order valence-corrected chi connectivity index (χ0v) is 59.0. The Kier molecular flexibility index (Phi) is 33.2. The van der Waals surface area contributed by atoms with E-state index in [-0.39, 0.29) is 123 Å². The van der Waals surface area contributed by atoms with Gasteiger partial charge in [0, 0.05) is 104 Å². The summed E-state index contributed by atoms with van der Waals surface area (Å²) < 4.78 is 33.9. The Morgan fingerprint density at radius 2 is 1.07 bits per heavy atom. The van der Waals surface area contributed by atoms with Gasteiger partial charge in [-0.1, -0.05) is 56.1 Å². The molecule has 6 rings (SSSR count). The second-order valence-corrected chi connectivity index (χ2v) is 24.5. The molecule has 2 fully saturated rings. The SMILES string of the molecule is COC(=O)C[C@H](CC(=O)[C@@H]1CCCN1C(=O)CCCN(C(=O)OC(C)(C)C)c1cc(C)ccn1)c1ccc(Br)cc1.COC(=O)C[C@H](Cl)c1ccc(Br)cc1.Cc1ccnc(N(CCCC(=O)N2CCC[C@H]2C(=O)O)C(=O)OC(C)(C)C)c1.N.[3H][B][3H].[U]. The number of likely N-dealkylation sites (tertiary alicyclic amines) is 2. The molecule has 4 amide bonds. The van der Waals surface area contributed by atoms with Crippen molar-refractivity contribution >= 4 is 111 Å². The van der Waals surface area contributed by atoms with E-state index in [2.05, 4.69) is 46.6 Å². The van der Waals surface area contributed by atoms with Crippen LogP contribution in [0.5, 0.6) is 0 Å². The van der Waals surface area contributed by atoms with Gasteiger partial charge in [-0.15, -0.1) is 11.6 Å². The fourth-order valence-electron chi connectivity index (χ4n) is 9.08. The van der Waals surface area contributed by atoms with E-state index in [9.17, 15) is 43.5 Å². The second-order valence-electron chi connectivity index (χ2n) is 22.2. The maximum Gasteiger partial charge on any atom is 0.416 e. The van der Waals surface area contributed by atoms with Crippen LogP contribution in [0, 0.1) is 45.0 Å². The van der Waals surface area contributed by atoms with Crippen LogP contribution in [0.4, 0.5) is 21.2 Å². The fraction of sp³-hybridized carbons (Fsp3) is 0.508. The Bertz CT molecular complexity index is 2880. The van der Waals surface area contributed by atoms with Crippen molar-refractivity contribution in [2.75, 3.05) is 50.2 Å². The maximum atomic E-state index is 13.5. The van der Waals surface area contributed by atoms with Gasteiger partial charge in [0.05, 0.1) is 46.8 Å². The number of carboxylic acids is 1. The molecule has 0 spiro atoms. The number of hydrogen-bond acceptors (Lipinski definition) is 15. The van der Waals surface area contributed by atoms with E-state index < -0.39 is 41.4 Å². The van der Waals surface area contributed by atoms with Crippen molar-refractivity contribution in [1.82, 2.24) is 25.9 Å². The molecule has 0 aliphatic carbocycles. The molecule has 4 N–H and O–H groups in total. The molecule has 4 heterocycles. The summed E-state index contributed by atoms with van der Waals surface area (Å²) in [6.45, 7) is 16.0. The van der Waals surface area contributed by atoms with Gasteiger partial charge in [0.1, 0.15) is 28.9 Å². The number of aryl methyl sites for hydroxylation is 2. The van der Waals surface area contributed by atoms with Crippen molar-refractivity contribution in [3.05, 3.63) is 116 Å². The number of aromatic nitrogens is 2. The summed E-state index contributed by atoms with van der Waals surface area (Å²) in [5.74, 6) is -1.46. The predicted molar refractivity (Wildman–Crippen MR) is 337 cm³/mol. The van der Waals surface area contributed by atoms with Crippen LogP contribution in [-0.4, -0.2) is 147 Å². The van der Waals surface area contributed by atoms with E-state index in [0.29, 0.717) is 65.2 Å². The molecular formula is C61H84BBr2ClN7O13U. The number of esters is 2. The molecule has 2 saturated heterocycles. The van der Waals surface area contributed by atoms with Gasteiger partial charge >= 0.3 is 30.1 Å².